The standard InChI is InChI=1S/C22H23N3O2/c1-26-16-18-7-5-6-10-21(18)25-22(23)24-15-17-11-13-20(14-12-17)27-19-8-3-2-4-9-19/h2-14H,15-16H2,1H3,(H3,23,24,25). The molecule has 0 spiro atoms. The van der Waals surface area contributed by atoms with Gasteiger partial charge in [0.1, 0.15) is 11.5 Å². The first-order valence-electron chi connectivity index (χ1n) is 8.70. The lowest BCUT2D eigenvalue weighted by atomic mass is 10.2. The summed E-state index contributed by atoms with van der Waals surface area (Å²) in [6.07, 6.45) is 0. The molecular weight excluding hydrogens is 338 g/mol. The number of methoxy groups -OCH3 is 1. The molecule has 5 nitrogen and oxygen atoms in total. The highest BCUT2D eigenvalue weighted by atomic mass is 16.5. The Kier molecular flexibility index (Phi) is 6.44. The summed E-state index contributed by atoms with van der Waals surface area (Å²) in [5, 5.41) is 3.13. The van der Waals surface area contributed by atoms with E-state index in [4.69, 9.17) is 15.2 Å². The van der Waals surface area contributed by atoms with Crippen LogP contribution in [0.5, 0.6) is 11.5 Å². The van der Waals surface area contributed by atoms with E-state index in [1.165, 1.54) is 0 Å². The number of hydrogen-bond donors (Lipinski definition) is 2. The molecule has 5 heteroatoms. The zero-order valence-electron chi connectivity index (χ0n) is 15.3. The molecule has 0 aliphatic carbocycles. The highest BCUT2D eigenvalue weighted by molar-refractivity contribution is 5.92. The van der Waals surface area contributed by atoms with E-state index in [1.807, 2.05) is 78.9 Å². The van der Waals surface area contributed by atoms with Crippen molar-refractivity contribution < 1.29 is 9.47 Å². The van der Waals surface area contributed by atoms with E-state index in [-0.39, 0.29) is 0 Å². The lowest BCUT2D eigenvalue weighted by molar-refractivity contribution is 0.185. The molecule has 0 atom stereocenters. The highest BCUT2D eigenvalue weighted by Crippen LogP contribution is 2.21. The molecule has 0 aliphatic rings. The van der Waals surface area contributed by atoms with Gasteiger partial charge in [-0.2, -0.15) is 0 Å². The predicted molar refractivity (Wildman–Crippen MR) is 109 cm³/mol. The van der Waals surface area contributed by atoms with Gasteiger partial charge in [0, 0.05) is 18.4 Å². The zero-order chi connectivity index (χ0) is 18.9. The van der Waals surface area contributed by atoms with Gasteiger partial charge in [-0.1, -0.05) is 48.5 Å². The smallest absolute Gasteiger partial charge is 0.193 e. The number of anilines is 1. The van der Waals surface area contributed by atoms with Crippen LogP contribution >= 0.6 is 0 Å². The molecular formula is C22H23N3O2. The Bertz CT molecular complexity index is 878. The summed E-state index contributed by atoms with van der Waals surface area (Å²) in [5.74, 6) is 1.96. The van der Waals surface area contributed by atoms with E-state index in [0.717, 1.165) is 28.3 Å². The van der Waals surface area contributed by atoms with Crippen LogP contribution in [0.3, 0.4) is 0 Å². The van der Waals surface area contributed by atoms with Crippen molar-refractivity contribution in [3.8, 4) is 11.5 Å². The Hall–Kier alpha value is -3.31. The van der Waals surface area contributed by atoms with Crippen LogP contribution in [0.1, 0.15) is 11.1 Å². The monoisotopic (exact) mass is 361 g/mol. The van der Waals surface area contributed by atoms with E-state index in [0.29, 0.717) is 19.1 Å². The number of nitrogens with one attached hydrogen (secondary N) is 1. The fraction of sp³-hybridized carbons (Fsp3) is 0.136. The molecule has 0 aliphatic heterocycles. The maximum atomic E-state index is 6.02. The SMILES string of the molecule is COCc1ccccc1NC(N)=NCc1ccc(Oc2ccccc2)cc1. The Morgan fingerprint density at radius 2 is 1.56 bits per heavy atom. The van der Waals surface area contributed by atoms with Crippen molar-refractivity contribution in [3.63, 3.8) is 0 Å². The maximum absolute atomic E-state index is 6.02. The molecule has 0 saturated heterocycles. The summed E-state index contributed by atoms with van der Waals surface area (Å²) in [6.45, 7) is 0.996. The van der Waals surface area contributed by atoms with Gasteiger partial charge < -0.3 is 20.5 Å². The second kappa shape index (κ2) is 9.40. The Morgan fingerprint density at radius 3 is 2.30 bits per heavy atom. The van der Waals surface area contributed by atoms with Gasteiger partial charge in [-0.05, 0) is 35.9 Å². The van der Waals surface area contributed by atoms with E-state index in [2.05, 4.69) is 10.3 Å². The average molecular weight is 361 g/mol. The second-order valence-electron chi connectivity index (χ2n) is 5.98. The van der Waals surface area contributed by atoms with Gasteiger partial charge in [0.2, 0.25) is 0 Å². The van der Waals surface area contributed by atoms with Crippen LogP contribution in [-0.2, 0) is 17.9 Å². The quantitative estimate of drug-likeness (QED) is 0.478. The molecule has 0 saturated carbocycles. The predicted octanol–water partition coefficient (Wildman–Crippen LogP) is 4.55. The normalized spacial score (nSPS) is 11.2. The molecule has 0 amide bonds. The fourth-order valence-corrected chi connectivity index (χ4v) is 2.57. The number of nitrogens with two attached hydrogens (primary N) is 1. The minimum absolute atomic E-state index is 0.364. The number of guanidine groups is 1. The Labute approximate surface area is 159 Å². The lowest BCUT2D eigenvalue weighted by Crippen LogP contribution is -2.23. The van der Waals surface area contributed by atoms with Gasteiger partial charge in [0.25, 0.3) is 0 Å². The summed E-state index contributed by atoms with van der Waals surface area (Å²) in [6, 6.07) is 25.4. The van der Waals surface area contributed by atoms with E-state index in [1.54, 1.807) is 7.11 Å². The van der Waals surface area contributed by atoms with Crippen molar-refractivity contribution in [2.75, 3.05) is 12.4 Å². The van der Waals surface area contributed by atoms with Crippen LogP contribution in [0, 0.1) is 0 Å². The summed E-state index contributed by atoms with van der Waals surface area (Å²) in [5.41, 5.74) is 8.99. The van der Waals surface area contributed by atoms with Crippen molar-refractivity contribution >= 4 is 11.6 Å². The summed E-state index contributed by atoms with van der Waals surface area (Å²) < 4.78 is 11.0. The van der Waals surface area contributed by atoms with E-state index < -0.39 is 0 Å². The first-order chi connectivity index (χ1) is 13.2. The van der Waals surface area contributed by atoms with Gasteiger partial charge in [-0.25, -0.2) is 4.99 Å². The van der Waals surface area contributed by atoms with Crippen LogP contribution in [-0.4, -0.2) is 13.1 Å². The molecule has 27 heavy (non-hydrogen) atoms. The molecule has 0 heterocycles. The van der Waals surface area contributed by atoms with Gasteiger partial charge in [0.05, 0.1) is 13.2 Å². The number of hydrogen-bond acceptors (Lipinski definition) is 3. The Balaban J connectivity index is 1.59. The van der Waals surface area contributed by atoms with Gasteiger partial charge in [-0.3, -0.25) is 0 Å². The van der Waals surface area contributed by atoms with Crippen molar-refractivity contribution in [1.82, 2.24) is 0 Å². The molecule has 138 valence electrons. The average Bonchev–Trinajstić information content (AvgIpc) is 2.70. The minimum Gasteiger partial charge on any atom is -0.457 e. The minimum atomic E-state index is 0.364. The van der Waals surface area contributed by atoms with Crippen molar-refractivity contribution in [3.05, 3.63) is 90.0 Å². The fourth-order valence-electron chi connectivity index (χ4n) is 2.57. The van der Waals surface area contributed by atoms with Crippen molar-refractivity contribution in [1.29, 1.82) is 0 Å². The van der Waals surface area contributed by atoms with E-state index >= 15 is 0 Å². The van der Waals surface area contributed by atoms with Crippen LogP contribution in [0.15, 0.2) is 83.9 Å². The third-order valence-electron chi connectivity index (χ3n) is 3.91. The summed E-state index contributed by atoms with van der Waals surface area (Å²) in [7, 11) is 1.67. The first-order valence-corrected chi connectivity index (χ1v) is 8.70. The molecule has 0 bridgehead atoms. The first kappa shape index (κ1) is 18.5. The van der Waals surface area contributed by atoms with Gasteiger partial charge in [-0.15, -0.1) is 0 Å². The molecule has 0 unspecified atom stereocenters. The number of rotatable bonds is 7. The number of ether oxygens (including phenoxy) is 2. The van der Waals surface area contributed by atoms with Crippen LogP contribution in [0.2, 0.25) is 0 Å². The molecule has 0 radical (unpaired) electrons. The second-order valence-corrected chi connectivity index (χ2v) is 5.98. The number of benzene rings is 3. The number of nitrogens with zero attached hydrogens (tertiary/aromatic N) is 1. The molecule has 3 N–H and O–H groups in total. The molecule has 3 rings (SSSR count). The van der Waals surface area contributed by atoms with Crippen molar-refractivity contribution in [2.24, 2.45) is 10.7 Å². The lowest BCUT2D eigenvalue weighted by Gasteiger charge is -2.11. The molecule has 0 aromatic heterocycles. The molecule has 0 fully saturated rings. The summed E-state index contributed by atoms with van der Waals surface area (Å²) >= 11 is 0. The molecule has 3 aromatic rings. The van der Waals surface area contributed by atoms with Gasteiger partial charge in [0.15, 0.2) is 5.96 Å². The zero-order valence-corrected chi connectivity index (χ0v) is 15.3. The number of para-hydroxylation sites is 2. The van der Waals surface area contributed by atoms with E-state index in [9.17, 15) is 0 Å². The third kappa shape index (κ3) is 5.59. The van der Waals surface area contributed by atoms with Crippen LogP contribution < -0.4 is 15.8 Å². The third-order valence-corrected chi connectivity index (χ3v) is 3.91. The Morgan fingerprint density at radius 1 is 0.889 bits per heavy atom. The molecule has 3 aromatic carbocycles. The largest absolute Gasteiger partial charge is 0.457 e. The van der Waals surface area contributed by atoms with Gasteiger partial charge >= 0.3 is 0 Å². The van der Waals surface area contributed by atoms with Crippen LogP contribution in [0.4, 0.5) is 5.69 Å². The highest BCUT2D eigenvalue weighted by Gasteiger charge is 2.03. The van der Waals surface area contributed by atoms with Crippen molar-refractivity contribution in [2.45, 2.75) is 13.2 Å². The number of aliphatic imine (C=N–C) groups is 1. The summed E-state index contributed by atoms with van der Waals surface area (Å²) in [4.78, 5) is 4.41. The topological polar surface area (TPSA) is 68.9 Å². The maximum Gasteiger partial charge on any atom is 0.193 e. The van der Waals surface area contributed by atoms with Crippen LogP contribution in [0.25, 0.3) is 0 Å².